The van der Waals surface area contributed by atoms with E-state index in [1.807, 2.05) is 18.2 Å². The molecule has 3 aromatic rings. The summed E-state index contributed by atoms with van der Waals surface area (Å²) in [5.41, 5.74) is 4.91. The monoisotopic (exact) mass is 250 g/mol. The summed E-state index contributed by atoms with van der Waals surface area (Å²) in [7, 11) is 0. The normalized spacial score (nSPS) is 17.7. The first-order chi connectivity index (χ1) is 9.24. The van der Waals surface area contributed by atoms with Gasteiger partial charge in [0.2, 0.25) is 5.71 Å². The summed E-state index contributed by atoms with van der Waals surface area (Å²) in [6, 6.07) is 8.43. The fourth-order valence-electron chi connectivity index (χ4n) is 2.77. The first kappa shape index (κ1) is 10.6. The SMILES string of the molecule is Cc1c2c(nc3oc4ccccc4c13)C=CC(C)N2. The minimum absolute atomic E-state index is 0.337. The Morgan fingerprint density at radius 2 is 2.11 bits per heavy atom. The molecule has 1 aliphatic rings. The number of hydrogen-bond donors (Lipinski definition) is 1. The van der Waals surface area contributed by atoms with E-state index in [-0.39, 0.29) is 0 Å². The molecular weight excluding hydrogens is 236 g/mol. The van der Waals surface area contributed by atoms with Gasteiger partial charge in [-0.1, -0.05) is 24.3 Å². The van der Waals surface area contributed by atoms with E-state index in [0.717, 1.165) is 33.5 Å². The molecule has 0 fully saturated rings. The summed E-state index contributed by atoms with van der Waals surface area (Å²) in [5, 5.41) is 5.73. The van der Waals surface area contributed by atoms with Gasteiger partial charge in [-0.2, -0.15) is 0 Å². The molecule has 19 heavy (non-hydrogen) atoms. The van der Waals surface area contributed by atoms with Gasteiger partial charge in [0.05, 0.1) is 16.8 Å². The molecule has 0 saturated heterocycles. The minimum Gasteiger partial charge on any atom is -0.438 e. The standard InChI is InChI=1S/C16H14N2O/c1-9-7-8-12-15(17-9)10(2)14-11-5-3-4-6-13(11)19-16(14)18-12/h3-9,17H,1-2H3. The van der Waals surface area contributed by atoms with Crippen LogP contribution in [0.5, 0.6) is 0 Å². The van der Waals surface area contributed by atoms with Crippen LogP contribution in [0, 0.1) is 6.92 Å². The Hall–Kier alpha value is -2.29. The van der Waals surface area contributed by atoms with Crippen LogP contribution in [0.15, 0.2) is 34.8 Å². The number of pyridine rings is 1. The Morgan fingerprint density at radius 3 is 3.00 bits per heavy atom. The van der Waals surface area contributed by atoms with Crippen LogP contribution in [0.2, 0.25) is 0 Å². The van der Waals surface area contributed by atoms with Gasteiger partial charge in [-0.25, -0.2) is 4.98 Å². The summed E-state index contributed by atoms with van der Waals surface area (Å²) < 4.78 is 5.85. The predicted molar refractivity (Wildman–Crippen MR) is 78.4 cm³/mol. The molecule has 3 heteroatoms. The topological polar surface area (TPSA) is 38.1 Å². The Balaban J connectivity index is 2.16. The summed E-state index contributed by atoms with van der Waals surface area (Å²) in [5.74, 6) is 0. The number of benzene rings is 1. The van der Waals surface area contributed by atoms with E-state index in [1.165, 1.54) is 5.56 Å². The third-order valence-corrected chi connectivity index (χ3v) is 3.72. The van der Waals surface area contributed by atoms with Gasteiger partial charge in [0.25, 0.3) is 0 Å². The molecule has 94 valence electrons. The molecule has 1 N–H and O–H groups in total. The lowest BCUT2D eigenvalue weighted by molar-refractivity contribution is 0.653. The Kier molecular flexibility index (Phi) is 2.01. The van der Waals surface area contributed by atoms with E-state index in [1.54, 1.807) is 0 Å². The van der Waals surface area contributed by atoms with Crippen molar-refractivity contribution >= 4 is 33.8 Å². The number of furan rings is 1. The molecule has 1 atom stereocenters. The fraction of sp³-hybridized carbons (Fsp3) is 0.188. The van der Waals surface area contributed by atoms with Gasteiger partial charge in [0.1, 0.15) is 5.58 Å². The zero-order valence-corrected chi connectivity index (χ0v) is 10.9. The zero-order valence-electron chi connectivity index (χ0n) is 10.9. The number of rotatable bonds is 0. The Morgan fingerprint density at radius 1 is 1.26 bits per heavy atom. The molecule has 0 aliphatic carbocycles. The highest BCUT2D eigenvalue weighted by Gasteiger charge is 2.19. The second-order valence-corrected chi connectivity index (χ2v) is 5.07. The highest BCUT2D eigenvalue weighted by atomic mass is 16.3. The van der Waals surface area contributed by atoms with Crippen LogP contribution in [-0.4, -0.2) is 11.0 Å². The van der Waals surface area contributed by atoms with Gasteiger partial charge < -0.3 is 9.73 Å². The smallest absolute Gasteiger partial charge is 0.228 e. The minimum atomic E-state index is 0.337. The Labute approximate surface area is 110 Å². The van der Waals surface area contributed by atoms with Gasteiger partial charge in [-0.05, 0) is 31.6 Å². The van der Waals surface area contributed by atoms with Crippen molar-refractivity contribution < 1.29 is 4.42 Å². The number of aromatic nitrogens is 1. The molecule has 3 nitrogen and oxygen atoms in total. The van der Waals surface area contributed by atoms with Gasteiger partial charge in [-0.3, -0.25) is 0 Å². The van der Waals surface area contributed by atoms with Crippen LogP contribution >= 0.6 is 0 Å². The molecule has 1 aliphatic heterocycles. The van der Waals surface area contributed by atoms with Crippen LogP contribution in [0.25, 0.3) is 28.1 Å². The van der Waals surface area contributed by atoms with Crippen molar-refractivity contribution in [2.24, 2.45) is 0 Å². The predicted octanol–water partition coefficient (Wildman–Crippen LogP) is 4.12. The maximum Gasteiger partial charge on any atom is 0.228 e. The third-order valence-electron chi connectivity index (χ3n) is 3.72. The van der Waals surface area contributed by atoms with Crippen LogP contribution in [0.4, 0.5) is 5.69 Å². The number of nitrogens with zero attached hydrogens (tertiary/aromatic N) is 1. The molecule has 0 saturated carbocycles. The van der Waals surface area contributed by atoms with Crippen LogP contribution < -0.4 is 5.32 Å². The number of nitrogens with one attached hydrogen (secondary N) is 1. The van der Waals surface area contributed by atoms with Crippen LogP contribution in [-0.2, 0) is 0 Å². The summed E-state index contributed by atoms with van der Waals surface area (Å²) in [4.78, 5) is 4.63. The van der Waals surface area contributed by atoms with Crippen molar-refractivity contribution in [1.82, 2.24) is 4.98 Å². The average Bonchev–Trinajstić information content (AvgIpc) is 2.78. The van der Waals surface area contributed by atoms with E-state index >= 15 is 0 Å². The second-order valence-electron chi connectivity index (χ2n) is 5.07. The molecule has 4 rings (SSSR count). The molecule has 0 bridgehead atoms. The van der Waals surface area contributed by atoms with Crippen molar-refractivity contribution in [3.05, 3.63) is 41.6 Å². The second kappa shape index (κ2) is 3.60. The van der Waals surface area contributed by atoms with E-state index in [9.17, 15) is 0 Å². The van der Waals surface area contributed by atoms with Crippen molar-refractivity contribution in [1.29, 1.82) is 0 Å². The molecule has 2 aromatic heterocycles. The maximum atomic E-state index is 5.85. The average molecular weight is 250 g/mol. The molecule has 1 aromatic carbocycles. The number of anilines is 1. The van der Waals surface area contributed by atoms with E-state index in [2.05, 4.69) is 42.4 Å². The Bertz CT molecular complexity index is 829. The quantitative estimate of drug-likeness (QED) is 0.652. The lowest BCUT2D eigenvalue weighted by Crippen LogP contribution is -2.17. The van der Waals surface area contributed by atoms with Gasteiger partial charge >= 0.3 is 0 Å². The van der Waals surface area contributed by atoms with Crippen molar-refractivity contribution in [2.45, 2.75) is 19.9 Å². The number of fused-ring (bicyclic) bond motifs is 4. The molecule has 1 unspecified atom stereocenters. The third kappa shape index (κ3) is 1.41. The summed E-state index contributed by atoms with van der Waals surface area (Å²) in [6.07, 6.45) is 4.18. The largest absolute Gasteiger partial charge is 0.438 e. The van der Waals surface area contributed by atoms with Gasteiger partial charge in [0.15, 0.2) is 0 Å². The summed E-state index contributed by atoms with van der Waals surface area (Å²) >= 11 is 0. The van der Waals surface area contributed by atoms with Crippen LogP contribution in [0.1, 0.15) is 18.2 Å². The highest BCUT2D eigenvalue weighted by Crippen LogP contribution is 2.36. The number of aryl methyl sites for hydroxylation is 1. The molecule has 0 spiro atoms. The lowest BCUT2D eigenvalue weighted by atomic mass is 10.0. The number of hydrogen-bond acceptors (Lipinski definition) is 3. The zero-order chi connectivity index (χ0) is 13.0. The lowest BCUT2D eigenvalue weighted by Gasteiger charge is -2.20. The van der Waals surface area contributed by atoms with Crippen molar-refractivity contribution in [2.75, 3.05) is 5.32 Å². The fourth-order valence-corrected chi connectivity index (χ4v) is 2.77. The highest BCUT2D eigenvalue weighted by molar-refractivity contribution is 6.07. The van der Waals surface area contributed by atoms with E-state index in [0.29, 0.717) is 6.04 Å². The molecule has 0 amide bonds. The molecular formula is C16H14N2O. The number of para-hydroxylation sites is 1. The molecule has 0 radical (unpaired) electrons. The van der Waals surface area contributed by atoms with Gasteiger partial charge in [0, 0.05) is 11.4 Å². The molecule has 3 heterocycles. The van der Waals surface area contributed by atoms with Crippen molar-refractivity contribution in [3.63, 3.8) is 0 Å². The first-order valence-corrected chi connectivity index (χ1v) is 6.50. The van der Waals surface area contributed by atoms with E-state index in [4.69, 9.17) is 4.42 Å². The first-order valence-electron chi connectivity index (χ1n) is 6.50. The van der Waals surface area contributed by atoms with Gasteiger partial charge in [-0.15, -0.1) is 0 Å². The summed E-state index contributed by atoms with van der Waals surface area (Å²) in [6.45, 7) is 4.26. The maximum absolute atomic E-state index is 5.85. The van der Waals surface area contributed by atoms with E-state index < -0.39 is 0 Å². The van der Waals surface area contributed by atoms with Crippen LogP contribution in [0.3, 0.4) is 0 Å². The van der Waals surface area contributed by atoms with Crippen molar-refractivity contribution in [3.8, 4) is 0 Å².